The van der Waals surface area contributed by atoms with Crippen LogP contribution in [0.25, 0.3) is 0 Å². The number of hydrogen-bond donors (Lipinski definition) is 3. The lowest BCUT2D eigenvalue weighted by molar-refractivity contribution is -0.149. The van der Waals surface area contributed by atoms with Gasteiger partial charge in [-0.15, -0.1) is 0 Å². The van der Waals surface area contributed by atoms with Crippen LogP contribution in [-0.4, -0.2) is 43.0 Å². The van der Waals surface area contributed by atoms with Gasteiger partial charge in [0.25, 0.3) is 0 Å². The number of rotatable bonds is 6. The summed E-state index contributed by atoms with van der Waals surface area (Å²) in [6.45, 7) is 0.167. The molecule has 2 aromatic rings. The Balaban J connectivity index is 1.47. The molecule has 2 saturated carbocycles. The summed E-state index contributed by atoms with van der Waals surface area (Å²) in [6.07, 6.45) is 1.67. The van der Waals surface area contributed by atoms with Gasteiger partial charge in [0.2, 0.25) is 0 Å². The summed E-state index contributed by atoms with van der Waals surface area (Å²) in [7, 11) is 0. The number of carbonyl (C=O) groups excluding carboxylic acids is 1. The molecule has 2 aliphatic rings. The van der Waals surface area contributed by atoms with E-state index in [4.69, 9.17) is 10.5 Å². The average molecular weight is 374 g/mol. The van der Waals surface area contributed by atoms with Crippen LogP contribution >= 0.6 is 11.8 Å². The highest BCUT2D eigenvalue weighted by Gasteiger charge is 2.74. The molecule has 0 radical (unpaired) electrons. The van der Waals surface area contributed by atoms with E-state index < -0.39 is 23.3 Å². The van der Waals surface area contributed by atoms with E-state index in [1.54, 1.807) is 0 Å². The minimum absolute atomic E-state index is 0.122. The largest absolute Gasteiger partial charge is 0.480 e. The highest BCUT2D eigenvalue weighted by atomic mass is 32.2. The third-order valence-electron chi connectivity index (χ3n) is 5.19. The number of aliphatic carboxylic acids is 1. The summed E-state index contributed by atoms with van der Waals surface area (Å²) in [5.41, 5.74) is 5.64. The monoisotopic (exact) mass is 374 g/mol. The van der Waals surface area contributed by atoms with Crippen LogP contribution in [0, 0.1) is 17.8 Å². The molecule has 8 nitrogen and oxygen atoms in total. The molecule has 0 spiro atoms. The van der Waals surface area contributed by atoms with Crippen molar-refractivity contribution in [2.75, 3.05) is 0 Å². The van der Waals surface area contributed by atoms with Crippen LogP contribution in [0.5, 0.6) is 0 Å². The van der Waals surface area contributed by atoms with Crippen LogP contribution in [0.2, 0.25) is 0 Å². The van der Waals surface area contributed by atoms with Gasteiger partial charge in [-0.1, -0.05) is 42.1 Å². The molecule has 26 heavy (non-hydrogen) atoms. The van der Waals surface area contributed by atoms with E-state index in [9.17, 15) is 14.7 Å². The number of carboxylic acids is 1. The van der Waals surface area contributed by atoms with Gasteiger partial charge in [0, 0.05) is 11.2 Å². The molecular formula is C17H18N4O4S. The van der Waals surface area contributed by atoms with Crippen molar-refractivity contribution in [1.82, 2.24) is 15.2 Å². The van der Waals surface area contributed by atoms with Crippen molar-refractivity contribution >= 4 is 23.7 Å². The number of benzene rings is 1. The molecule has 0 unspecified atom stereocenters. The topological polar surface area (TPSA) is 131 Å². The van der Waals surface area contributed by atoms with Gasteiger partial charge >= 0.3 is 11.9 Å². The van der Waals surface area contributed by atoms with E-state index in [0.29, 0.717) is 5.16 Å². The van der Waals surface area contributed by atoms with Gasteiger partial charge < -0.3 is 15.6 Å². The summed E-state index contributed by atoms with van der Waals surface area (Å²) < 4.78 is 5.41. The van der Waals surface area contributed by atoms with Crippen molar-refractivity contribution in [2.24, 2.45) is 23.5 Å². The summed E-state index contributed by atoms with van der Waals surface area (Å²) in [5.74, 6) is -2.50. The molecule has 5 atom stereocenters. The molecule has 0 aliphatic heterocycles. The molecule has 2 fully saturated rings. The third-order valence-corrected chi connectivity index (χ3v) is 6.39. The molecule has 4 rings (SSSR count). The second kappa shape index (κ2) is 6.40. The lowest BCUT2D eigenvalue weighted by atomic mass is 9.91. The Morgan fingerprint density at radius 1 is 1.38 bits per heavy atom. The zero-order chi connectivity index (χ0) is 18.3. The maximum Gasteiger partial charge on any atom is 0.324 e. The molecule has 1 aromatic heterocycles. The summed E-state index contributed by atoms with van der Waals surface area (Å²) >= 11 is 1.38. The third kappa shape index (κ3) is 2.86. The molecule has 0 saturated heterocycles. The number of nitrogens with two attached hydrogens (primary N) is 1. The van der Waals surface area contributed by atoms with E-state index in [1.807, 2.05) is 30.3 Å². The summed E-state index contributed by atoms with van der Waals surface area (Å²) in [6, 6.07) is 9.36. The van der Waals surface area contributed by atoms with Crippen molar-refractivity contribution in [3.63, 3.8) is 0 Å². The molecule has 4 N–H and O–H groups in total. The zero-order valence-corrected chi connectivity index (χ0v) is 14.6. The van der Waals surface area contributed by atoms with Gasteiger partial charge in [-0.25, -0.2) is 4.98 Å². The first kappa shape index (κ1) is 17.0. The number of nitrogens with one attached hydrogen (secondary N) is 1. The minimum atomic E-state index is -1.42. The Labute approximate surface area is 153 Å². The van der Waals surface area contributed by atoms with Crippen molar-refractivity contribution in [2.45, 2.75) is 29.0 Å². The van der Waals surface area contributed by atoms with Gasteiger partial charge in [-0.2, -0.15) is 5.10 Å². The highest BCUT2D eigenvalue weighted by Crippen LogP contribution is 2.65. The van der Waals surface area contributed by atoms with Crippen LogP contribution in [0.15, 0.2) is 41.8 Å². The zero-order valence-electron chi connectivity index (χ0n) is 13.7. The molecule has 0 bridgehead atoms. The normalized spacial score (nSPS) is 32.0. The van der Waals surface area contributed by atoms with Gasteiger partial charge in [0.1, 0.15) is 18.5 Å². The van der Waals surface area contributed by atoms with Crippen molar-refractivity contribution in [1.29, 1.82) is 0 Å². The molecule has 136 valence electrons. The molecular weight excluding hydrogens is 356 g/mol. The number of nitrogens with zero attached hydrogens (tertiary/aromatic N) is 2. The predicted octanol–water partition coefficient (Wildman–Crippen LogP) is 1.06. The summed E-state index contributed by atoms with van der Waals surface area (Å²) in [5, 5.41) is 16.6. The number of carboxylic acid groups (broad SMARTS) is 1. The standard InChI is InChI=1S/C17H18N4O4S/c18-17(15(23)24)6-10(26-16-19-8-20-21-16)11-12(13(11)17)14(22)25-7-9-4-2-1-3-5-9/h1-5,8,10-13H,6-7,18H2,(H,23,24)(H,19,20,21)/t10-,11+,12+,13+,17+/m1/s1. The number of thioether (sulfide) groups is 1. The van der Waals surface area contributed by atoms with Crippen LogP contribution in [-0.2, 0) is 20.9 Å². The first-order valence-electron chi connectivity index (χ1n) is 8.25. The lowest BCUT2D eigenvalue weighted by Gasteiger charge is -2.24. The van der Waals surface area contributed by atoms with Crippen molar-refractivity contribution in [3.8, 4) is 0 Å². The van der Waals surface area contributed by atoms with Crippen molar-refractivity contribution < 1.29 is 19.4 Å². The number of carbonyl (C=O) groups is 2. The van der Waals surface area contributed by atoms with Gasteiger partial charge in [0.15, 0.2) is 5.16 Å². The molecule has 9 heteroatoms. The number of aromatic nitrogens is 3. The van der Waals surface area contributed by atoms with E-state index >= 15 is 0 Å². The van der Waals surface area contributed by atoms with E-state index in [-0.39, 0.29) is 30.2 Å². The van der Waals surface area contributed by atoms with Gasteiger partial charge in [0.05, 0.1) is 5.92 Å². The Kier molecular flexibility index (Phi) is 4.20. The predicted molar refractivity (Wildman–Crippen MR) is 91.9 cm³/mol. The quantitative estimate of drug-likeness (QED) is 0.640. The maximum atomic E-state index is 12.5. The second-order valence-corrected chi connectivity index (χ2v) is 7.95. The van der Waals surface area contributed by atoms with E-state index in [2.05, 4.69) is 15.2 Å². The van der Waals surface area contributed by atoms with E-state index in [1.165, 1.54) is 18.1 Å². The number of fused-ring (bicyclic) bond motifs is 1. The number of H-pyrrole nitrogens is 1. The molecule has 2 aliphatic carbocycles. The molecule has 0 amide bonds. The Bertz CT molecular complexity index is 815. The Morgan fingerprint density at radius 2 is 2.15 bits per heavy atom. The molecule has 1 aromatic carbocycles. The first-order valence-corrected chi connectivity index (χ1v) is 9.13. The number of esters is 1. The summed E-state index contributed by atoms with van der Waals surface area (Å²) in [4.78, 5) is 28.3. The van der Waals surface area contributed by atoms with E-state index in [0.717, 1.165) is 5.56 Å². The fraction of sp³-hybridized carbons (Fsp3) is 0.412. The maximum absolute atomic E-state index is 12.5. The number of aromatic amines is 1. The van der Waals surface area contributed by atoms with Gasteiger partial charge in [-0.05, 0) is 17.9 Å². The van der Waals surface area contributed by atoms with Gasteiger partial charge in [-0.3, -0.25) is 14.7 Å². The fourth-order valence-corrected chi connectivity index (χ4v) is 5.29. The van der Waals surface area contributed by atoms with Crippen LogP contribution in [0.4, 0.5) is 0 Å². The van der Waals surface area contributed by atoms with Crippen LogP contribution in [0.1, 0.15) is 12.0 Å². The first-order chi connectivity index (χ1) is 12.5. The second-order valence-electron chi connectivity index (χ2n) is 6.72. The van der Waals surface area contributed by atoms with Crippen LogP contribution < -0.4 is 5.73 Å². The number of hydrogen-bond acceptors (Lipinski definition) is 7. The van der Waals surface area contributed by atoms with Crippen molar-refractivity contribution in [3.05, 3.63) is 42.2 Å². The fourth-order valence-electron chi connectivity index (χ4n) is 3.94. The Morgan fingerprint density at radius 3 is 2.81 bits per heavy atom. The number of ether oxygens (including phenoxy) is 1. The minimum Gasteiger partial charge on any atom is -0.480 e. The van der Waals surface area contributed by atoms with Crippen LogP contribution in [0.3, 0.4) is 0 Å². The molecule has 1 heterocycles. The highest BCUT2D eigenvalue weighted by molar-refractivity contribution is 7.99. The lowest BCUT2D eigenvalue weighted by Crippen LogP contribution is -2.50. The smallest absolute Gasteiger partial charge is 0.324 e. The SMILES string of the molecule is N[C@@]1(C(=O)O)C[C@@H](Sc2ncn[nH]2)[C@H]2[C@H](C(=O)OCc3ccccc3)[C@H]21. The average Bonchev–Trinajstić information content (AvgIpc) is 3.05. The Hall–Kier alpha value is -2.39.